The lowest BCUT2D eigenvalue weighted by Gasteiger charge is -2.32. The van der Waals surface area contributed by atoms with Crippen molar-refractivity contribution < 1.29 is 14.3 Å². The number of piperidine rings is 1. The zero-order chi connectivity index (χ0) is 13.7. The molecule has 0 unspecified atom stereocenters. The van der Waals surface area contributed by atoms with E-state index in [0.717, 1.165) is 51.7 Å². The van der Waals surface area contributed by atoms with Gasteiger partial charge in [-0.05, 0) is 25.7 Å². The van der Waals surface area contributed by atoms with Crippen LogP contribution in [0.1, 0.15) is 38.5 Å². The number of likely N-dealkylation sites (tertiary alicyclic amines) is 2. The van der Waals surface area contributed by atoms with Crippen molar-refractivity contribution in [2.24, 2.45) is 0 Å². The second-order valence-electron chi connectivity index (χ2n) is 5.44. The highest BCUT2D eigenvalue weighted by atomic mass is 16.5. The molecule has 0 radical (unpaired) electrons. The van der Waals surface area contributed by atoms with E-state index in [9.17, 15) is 9.59 Å². The molecule has 2 heterocycles. The Morgan fingerprint density at radius 2 is 1.95 bits per heavy atom. The molecule has 2 aliphatic heterocycles. The first-order valence-corrected chi connectivity index (χ1v) is 7.29. The van der Waals surface area contributed by atoms with Crippen LogP contribution in [0.25, 0.3) is 0 Å². The van der Waals surface area contributed by atoms with Crippen molar-refractivity contribution in [2.45, 2.75) is 44.6 Å². The van der Waals surface area contributed by atoms with Crippen LogP contribution in [-0.4, -0.2) is 61.0 Å². The number of amides is 2. The minimum Gasteiger partial charge on any atom is -0.381 e. The Hall–Kier alpha value is -1.10. The number of ether oxygens (including phenoxy) is 1. The van der Waals surface area contributed by atoms with Gasteiger partial charge in [0.05, 0.1) is 12.6 Å². The van der Waals surface area contributed by atoms with Crippen molar-refractivity contribution in [1.29, 1.82) is 0 Å². The van der Waals surface area contributed by atoms with Crippen LogP contribution < -0.4 is 0 Å². The van der Waals surface area contributed by atoms with Crippen LogP contribution in [0.15, 0.2) is 0 Å². The highest BCUT2D eigenvalue weighted by molar-refractivity contribution is 5.85. The summed E-state index contributed by atoms with van der Waals surface area (Å²) < 4.78 is 5.30. The van der Waals surface area contributed by atoms with Crippen LogP contribution in [0.4, 0.5) is 0 Å². The first kappa shape index (κ1) is 14.3. The molecule has 0 aromatic carbocycles. The van der Waals surface area contributed by atoms with Crippen LogP contribution >= 0.6 is 0 Å². The van der Waals surface area contributed by atoms with E-state index >= 15 is 0 Å². The Labute approximate surface area is 114 Å². The number of methoxy groups -OCH3 is 1. The molecule has 0 aromatic heterocycles. The molecule has 19 heavy (non-hydrogen) atoms. The summed E-state index contributed by atoms with van der Waals surface area (Å²) in [5.41, 5.74) is 0. The molecule has 2 saturated heterocycles. The van der Waals surface area contributed by atoms with Crippen molar-refractivity contribution in [3.05, 3.63) is 0 Å². The molecule has 2 aliphatic rings. The van der Waals surface area contributed by atoms with Gasteiger partial charge in [0, 0.05) is 33.2 Å². The number of nitrogens with zero attached hydrogens (tertiary/aromatic N) is 2. The number of rotatable bonds is 3. The highest BCUT2D eigenvalue weighted by Crippen LogP contribution is 2.15. The van der Waals surface area contributed by atoms with Gasteiger partial charge in [0.15, 0.2) is 0 Å². The van der Waals surface area contributed by atoms with Crippen LogP contribution in [-0.2, 0) is 14.3 Å². The number of carbonyl (C=O) groups excluding carboxylic acids is 2. The smallest absolute Gasteiger partial charge is 0.242 e. The van der Waals surface area contributed by atoms with Gasteiger partial charge in [-0.15, -0.1) is 0 Å². The van der Waals surface area contributed by atoms with Crippen molar-refractivity contribution in [3.63, 3.8) is 0 Å². The summed E-state index contributed by atoms with van der Waals surface area (Å²) in [6.45, 7) is 2.49. The van der Waals surface area contributed by atoms with Crippen molar-refractivity contribution in [1.82, 2.24) is 9.80 Å². The van der Waals surface area contributed by atoms with E-state index < -0.39 is 0 Å². The molecule has 5 heteroatoms. The van der Waals surface area contributed by atoms with Gasteiger partial charge in [0.25, 0.3) is 0 Å². The largest absolute Gasteiger partial charge is 0.381 e. The maximum Gasteiger partial charge on any atom is 0.242 e. The molecular formula is C14H24N2O3. The molecule has 0 atom stereocenters. The van der Waals surface area contributed by atoms with Crippen molar-refractivity contribution >= 4 is 11.8 Å². The summed E-state index contributed by atoms with van der Waals surface area (Å²) in [5.74, 6) is 0.224. The second-order valence-corrected chi connectivity index (χ2v) is 5.44. The molecule has 2 rings (SSSR count). The van der Waals surface area contributed by atoms with Gasteiger partial charge >= 0.3 is 0 Å². The predicted molar refractivity (Wildman–Crippen MR) is 71.7 cm³/mol. The molecule has 0 spiro atoms. The molecule has 0 N–H and O–H groups in total. The zero-order valence-corrected chi connectivity index (χ0v) is 11.8. The summed E-state index contributed by atoms with van der Waals surface area (Å²) in [6.07, 6.45) is 5.75. The third-order valence-corrected chi connectivity index (χ3v) is 4.13. The Morgan fingerprint density at radius 1 is 1.21 bits per heavy atom. The van der Waals surface area contributed by atoms with Crippen molar-refractivity contribution in [2.75, 3.05) is 33.3 Å². The summed E-state index contributed by atoms with van der Waals surface area (Å²) in [6, 6.07) is 0. The molecule has 2 amide bonds. The Kier molecular flexibility index (Phi) is 5.19. The average Bonchev–Trinajstić information content (AvgIpc) is 2.64. The fourth-order valence-electron chi connectivity index (χ4n) is 2.81. The first-order chi connectivity index (χ1) is 9.20. The lowest BCUT2D eigenvalue weighted by molar-refractivity contribution is -0.141. The van der Waals surface area contributed by atoms with Gasteiger partial charge < -0.3 is 14.5 Å². The fourth-order valence-corrected chi connectivity index (χ4v) is 2.81. The number of hydrogen-bond acceptors (Lipinski definition) is 3. The molecule has 0 aliphatic carbocycles. The summed E-state index contributed by atoms with van der Waals surface area (Å²) in [5, 5.41) is 0. The van der Waals surface area contributed by atoms with E-state index in [-0.39, 0.29) is 24.5 Å². The molecular weight excluding hydrogens is 244 g/mol. The Morgan fingerprint density at radius 3 is 2.63 bits per heavy atom. The van der Waals surface area contributed by atoms with Gasteiger partial charge in [-0.1, -0.05) is 6.42 Å². The zero-order valence-electron chi connectivity index (χ0n) is 11.8. The maximum atomic E-state index is 12.2. The lowest BCUT2D eigenvalue weighted by Crippen LogP contribution is -2.46. The van der Waals surface area contributed by atoms with E-state index in [0.29, 0.717) is 6.42 Å². The summed E-state index contributed by atoms with van der Waals surface area (Å²) >= 11 is 0. The molecule has 0 bridgehead atoms. The summed E-state index contributed by atoms with van der Waals surface area (Å²) in [7, 11) is 1.72. The first-order valence-electron chi connectivity index (χ1n) is 7.29. The second kappa shape index (κ2) is 6.89. The lowest BCUT2D eigenvalue weighted by atomic mass is 10.1. The van der Waals surface area contributed by atoms with E-state index in [1.54, 1.807) is 12.0 Å². The Bertz CT molecular complexity index is 325. The van der Waals surface area contributed by atoms with Crippen molar-refractivity contribution in [3.8, 4) is 0 Å². The quantitative estimate of drug-likeness (QED) is 0.768. The van der Waals surface area contributed by atoms with Gasteiger partial charge in [0.2, 0.25) is 11.8 Å². The molecule has 0 aromatic rings. The topological polar surface area (TPSA) is 49.9 Å². The molecule has 108 valence electrons. The Balaban J connectivity index is 1.81. The predicted octanol–water partition coefficient (Wildman–Crippen LogP) is 1.03. The van der Waals surface area contributed by atoms with Gasteiger partial charge in [-0.25, -0.2) is 0 Å². The molecule has 2 fully saturated rings. The van der Waals surface area contributed by atoms with Crippen LogP contribution in [0, 0.1) is 0 Å². The van der Waals surface area contributed by atoms with Crippen LogP contribution in [0.2, 0.25) is 0 Å². The van der Waals surface area contributed by atoms with Crippen LogP contribution in [0.3, 0.4) is 0 Å². The number of hydrogen-bond donors (Lipinski definition) is 0. The van der Waals surface area contributed by atoms with Crippen LogP contribution in [0.5, 0.6) is 0 Å². The van der Waals surface area contributed by atoms with E-state index in [2.05, 4.69) is 0 Å². The highest BCUT2D eigenvalue weighted by Gasteiger charge is 2.25. The van der Waals surface area contributed by atoms with E-state index in [1.807, 2.05) is 4.90 Å². The molecule has 0 saturated carbocycles. The maximum absolute atomic E-state index is 12.2. The third-order valence-electron chi connectivity index (χ3n) is 4.13. The monoisotopic (exact) mass is 268 g/mol. The average molecular weight is 268 g/mol. The summed E-state index contributed by atoms with van der Waals surface area (Å²) in [4.78, 5) is 27.7. The standard InChI is InChI=1S/C14H24N2O3/c1-19-12-6-9-15(10-7-12)14(18)11-16-8-4-2-3-5-13(16)17/h12H,2-11H2,1H3. The van der Waals surface area contributed by atoms with Gasteiger partial charge in [0.1, 0.15) is 0 Å². The molecule has 5 nitrogen and oxygen atoms in total. The van der Waals surface area contributed by atoms with Gasteiger partial charge in [-0.2, -0.15) is 0 Å². The SMILES string of the molecule is COC1CCN(C(=O)CN2CCCCCC2=O)CC1. The minimum absolute atomic E-state index is 0.0878. The fraction of sp³-hybridized carbons (Fsp3) is 0.857. The number of carbonyl (C=O) groups is 2. The minimum atomic E-state index is 0.0878. The normalized spacial score (nSPS) is 22.5. The third kappa shape index (κ3) is 3.93. The van der Waals surface area contributed by atoms with E-state index in [1.165, 1.54) is 0 Å². The van der Waals surface area contributed by atoms with Gasteiger partial charge in [-0.3, -0.25) is 9.59 Å². The van der Waals surface area contributed by atoms with E-state index in [4.69, 9.17) is 4.74 Å².